The van der Waals surface area contributed by atoms with Gasteiger partial charge in [-0.25, -0.2) is 4.68 Å². The van der Waals surface area contributed by atoms with Gasteiger partial charge in [-0.2, -0.15) is 30.0 Å². The van der Waals surface area contributed by atoms with E-state index in [9.17, 15) is 18.0 Å². The molecule has 1 aliphatic carbocycles. The van der Waals surface area contributed by atoms with Crippen LogP contribution in [0.2, 0.25) is 0 Å². The number of carbonyl (C=O) groups excluding carboxylic acids is 1. The molecule has 0 aliphatic heterocycles. The molecule has 2 aromatic rings. The van der Waals surface area contributed by atoms with Crippen molar-refractivity contribution >= 4 is 23.4 Å². The number of ether oxygens (including phenoxy) is 2. The summed E-state index contributed by atoms with van der Waals surface area (Å²) in [6.07, 6.45) is 4.54. The van der Waals surface area contributed by atoms with Crippen LogP contribution in [0.15, 0.2) is 24.5 Å². The van der Waals surface area contributed by atoms with E-state index in [0.717, 1.165) is 37.5 Å². The minimum Gasteiger partial charge on any atom is -0.489 e. The zero-order valence-electron chi connectivity index (χ0n) is 22.4. The molecule has 1 heterocycles. The van der Waals surface area contributed by atoms with E-state index in [1.807, 2.05) is 20.1 Å². The molecular weight excluding hydrogens is 517 g/mol. The van der Waals surface area contributed by atoms with Crippen molar-refractivity contribution in [2.75, 3.05) is 43.2 Å². The van der Waals surface area contributed by atoms with Crippen LogP contribution in [0.1, 0.15) is 57.1 Å². The Morgan fingerprint density at radius 2 is 1.92 bits per heavy atom. The molecule has 0 bridgehead atoms. The quantitative estimate of drug-likeness (QED) is 0.251. The van der Waals surface area contributed by atoms with Crippen LogP contribution in [0, 0.1) is 11.8 Å². The Balaban J connectivity index is 1.84. The number of anilines is 1. The van der Waals surface area contributed by atoms with Crippen molar-refractivity contribution in [1.82, 2.24) is 9.78 Å². The number of hydrogen-bond donors (Lipinski definition) is 1. The molecule has 1 aliphatic rings. The number of aromatic nitrogens is 2. The normalized spacial score (nSPS) is 17.9. The largest absolute Gasteiger partial charge is 0.489 e. The molecule has 0 atom stereocenters. The minimum atomic E-state index is -4.57. The number of esters is 1. The van der Waals surface area contributed by atoms with E-state index in [0.29, 0.717) is 61.6 Å². The summed E-state index contributed by atoms with van der Waals surface area (Å²) in [6.45, 7) is 5.90. The van der Waals surface area contributed by atoms with Gasteiger partial charge in [0.05, 0.1) is 36.9 Å². The van der Waals surface area contributed by atoms with E-state index >= 15 is 0 Å². The lowest BCUT2D eigenvalue weighted by Gasteiger charge is -2.34. The third kappa shape index (κ3) is 7.81. The van der Waals surface area contributed by atoms with Crippen LogP contribution in [0.5, 0.6) is 5.75 Å². The third-order valence-corrected chi connectivity index (χ3v) is 7.61. The van der Waals surface area contributed by atoms with E-state index in [2.05, 4.69) is 10.00 Å². The molecule has 7 nitrogen and oxygen atoms in total. The van der Waals surface area contributed by atoms with Gasteiger partial charge in [0.1, 0.15) is 0 Å². The van der Waals surface area contributed by atoms with Gasteiger partial charge in [-0.1, -0.05) is 0 Å². The van der Waals surface area contributed by atoms with E-state index in [1.165, 1.54) is 23.1 Å². The first-order valence-electron chi connectivity index (χ1n) is 13.2. The standard InChI is InChI=1S/C27H39F3N4O3S/c1-4-33(17-20-8-6-19(7-9-20)14-25(35)36-5-2)24-11-10-23(27(28,29)30)26(22(24)15-31)34-18-21(16-32-34)37-12-13-38-3/h10-11,16,18-20H,4-9,12-15,17,31H2,1-3H3. The van der Waals surface area contributed by atoms with Gasteiger partial charge in [-0.15, -0.1) is 0 Å². The molecule has 1 aromatic heterocycles. The molecule has 0 radical (unpaired) electrons. The first kappa shape index (κ1) is 30.1. The van der Waals surface area contributed by atoms with Crippen LogP contribution in [0.3, 0.4) is 0 Å². The lowest BCUT2D eigenvalue weighted by Crippen LogP contribution is -2.33. The number of nitrogens with two attached hydrogens (primary N) is 1. The molecule has 1 saturated carbocycles. The Morgan fingerprint density at radius 1 is 1.21 bits per heavy atom. The number of rotatable bonds is 13. The number of thioether (sulfide) groups is 1. The summed E-state index contributed by atoms with van der Waals surface area (Å²) < 4.78 is 54.3. The molecule has 2 N–H and O–H groups in total. The summed E-state index contributed by atoms with van der Waals surface area (Å²) in [5.74, 6) is 1.73. The second kappa shape index (κ2) is 14.1. The fraction of sp³-hybridized carbons (Fsp3) is 0.630. The van der Waals surface area contributed by atoms with Gasteiger partial charge in [0.25, 0.3) is 0 Å². The van der Waals surface area contributed by atoms with Crippen molar-refractivity contribution in [2.24, 2.45) is 17.6 Å². The maximum Gasteiger partial charge on any atom is 0.418 e. The maximum atomic E-state index is 14.1. The SMILES string of the molecule is CCOC(=O)CC1CCC(CN(CC)c2ccc(C(F)(F)F)c(-n3cc(OCCSC)cn3)c2CN)CC1. The maximum absolute atomic E-state index is 14.1. The third-order valence-electron chi connectivity index (χ3n) is 7.04. The van der Waals surface area contributed by atoms with E-state index in [1.54, 1.807) is 11.8 Å². The molecule has 0 unspecified atom stereocenters. The summed E-state index contributed by atoms with van der Waals surface area (Å²) in [6, 6.07) is 2.66. The van der Waals surface area contributed by atoms with Crippen molar-refractivity contribution in [3.63, 3.8) is 0 Å². The second-order valence-electron chi connectivity index (χ2n) is 9.56. The van der Waals surface area contributed by atoms with Crippen LogP contribution >= 0.6 is 11.8 Å². The monoisotopic (exact) mass is 556 g/mol. The number of hydrogen-bond acceptors (Lipinski definition) is 7. The van der Waals surface area contributed by atoms with Crippen LogP contribution in [-0.2, 0) is 22.3 Å². The number of benzene rings is 1. The zero-order valence-corrected chi connectivity index (χ0v) is 23.2. The van der Waals surface area contributed by atoms with Gasteiger partial charge in [0.15, 0.2) is 5.75 Å². The molecule has 38 heavy (non-hydrogen) atoms. The molecule has 0 spiro atoms. The average molecular weight is 557 g/mol. The molecule has 1 fully saturated rings. The van der Waals surface area contributed by atoms with Crippen molar-refractivity contribution < 1.29 is 27.4 Å². The fourth-order valence-electron chi connectivity index (χ4n) is 5.14. The summed E-state index contributed by atoms with van der Waals surface area (Å²) in [5, 5.41) is 4.21. The van der Waals surface area contributed by atoms with E-state index in [4.69, 9.17) is 15.2 Å². The number of nitrogens with zero attached hydrogens (tertiary/aromatic N) is 3. The average Bonchev–Trinajstić information content (AvgIpc) is 3.35. The molecule has 212 valence electrons. The van der Waals surface area contributed by atoms with Crippen LogP contribution in [-0.4, -0.2) is 54.1 Å². The second-order valence-corrected chi connectivity index (χ2v) is 10.5. The highest BCUT2D eigenvalue weighted by atomic mass is 32.2. The molecular formula is C27H39F3N4O3S. The summed E-state index contributed by atoms with van der Waals surface area (Å²) in [5.41, 5.74) is 6.35. The van der Waals surface area contributed by atoms with Gasteiger partial charge < -0.3 is 20.1 Å². The van der Waals surface area contributed by atoms with E-state index < -0.39 is 11.7 Å². The number of alkyl halides is 3. The summed E-state index contributed by atoms with van der Waals surface area (Å²) in [4.78, 5) is 14.0. The first-order chi connectivity index (χ1) is 18.2. The van der Waals surface area contributed by atoms with Gasteiger partial charge in [-0.3, -0.25) is 4.79 Å². The summed E-state index contributed by atoms with van der Waals surface area (Å²) in [7, 11) is 0. The first-order valence-corrected chi connectivity index (χ1v) is 14.6. The Morgan fingerprint density at radius 3 is 2.53 bits per heavy atom. The highest BCUT2D eigenvalue weighted by molar-refractivity contribution is 7.98. The molecule has 11 heteroatoms. The number of carbonyl (C=O) groups is 1. The molecule has 1 aromatic carbocycles. The van der Waals surface area contributed by atoms with Crippen molar-refractivity contribution in [2.45, 2.75) is 58.7 Å². The van der Waals surface area contributed by atoms with Crippen molar-refractivity contribution in [3.05, 3.63) is 35.7 Å². The van der Waals surface area contributed by atoms with Crippen LogP contribution in [0.25, 0.3) is 5.69 Å². The van der Waals surface area contributed by atoms with Crippen molar-refractivity contribution in [3.8, 4) is 11.4 Å². The molecule has 3 rings (SSSR count). The van der Waals surface area contributed by atoms with Gasteiger partial charge in [0, 0.05) is 43.1 Å². The smallest absolute Gasteiger partial charge is 0.418 e. The Labute approximate surface area is 227 Å². The van der Waals surface area contributed by atoms with Gasteiger partial charge in [0.2, 0.25) is 0 Å². The predicted octanol–water partition coefficient (Wildman–Crippen LogP) is 5.68. The molecule has 0 amide bonds. The van der Waals surface area contributed by atoms with E-state index in [-0.39, 0.29) is 18.2 Å². The topological polar surface area (TPSA) is 82.6 Å². The fourth-order valence-corrected chi connectivity index (χ4v) is 5.39. The highest BCUT2D eigenvalue weighted by Gasteiger charge is 2.37. The summed E-state index contributed by atoms with van der Waals surface area (Å²) >= 11 is 1.62. The van der Waals surface area contributed by atoms with Crippen molar-refractivity contribution in [1.29, 1.82) is 0 Å². The number of halogens is 3. The zero-order chi connectivity index (χ0) is 27.7. The Hall–Kier alpha value is -2.40. The lowest BCUT2D eigenvalue weighted by molar-refractivity contribution is -0.144. The van der Waals surface area contributed by atoms with Gasteiger partial charge >= 0.3 is 12.1 Å². The molecule has 0 saturated heterocycles. The Bertz CT molecular complexity index is 1040. The Kier molecular flexibility index (Phi) is 11.2. The van der Waals surface area contributed by atoms with Gasteiger partial charge in [-0.05, 0) is 69.8 Å². The lowest BCUT2D eigenvalue weighted by atomic mass is 9.80. The van der Waals surface area contributed by atoms with Crippen LogP contribution in [0.4, 0.5) is 18.9 Å². The predicted molar refractivity (Wildman–Crippen MR) is 145 cm³/mol. The van der Waals surface area contributed by atoms with Crippen LogP contribution < -0.4 is 15.4 Å². The highest BCUT2D eigenvalue weighted by Crippen LogP contribution is 2.40. The minimum absolute atomic E-state index is 0.0613.